The van der Waals surface area contributed by atoms with Crippen molar-refractivity contribution in [2.45, 2.75) is 6.92 Å². The van der Waals surface area contributed by atoms with Gasteiger partial charge in [-0.3, -0.25) is 9.78 Å². The van der Waals surface area contributed by atoms with Gasteiger partial charge in [0.25, 0.3) is 5.91 Å². The maximum Gasteiger partial charge on any atom is 0.277 e. The molecule has 0 aliphatic carbocycles. The zero-order valence-corrected chi connectivity index (χ0v) is 11.1. The Labute approximate surface area is 117 Å². The summed E-state index contributed by atoms with van der Waals surface area (Å²) in [5, 5.41) is 4.00. The third-order valence-corrected chi connectivity index (χ3v) is 2.54. The first kappa shape index (κ1) is 13.7. The number of aromatic nitrogens is 1. The molecule has 0 atom stereocenters. The summed E-state index contributed by atoms with van der Waals surface area (Å²) < 4.78 is 5.31. The molecule has 1 aromatic carbocycles. The van der Waals surface area contributed by atoms with Crippen LogP contribution in [0.15, 0.2) is 60.0 Å². The summed E-state index contributed by atoms with van der Waals surface area (Å²) in [6.07, 6.45) is 3.37. The SMILES string of the molecule is C/C(=N/NC(=O)COc1ccccc1)c1cccnc1. The largest absolute Gasteiger partial charge is 0.484 e. The molecule has 2 rings (SSSR count). The number of nitrogens with zero attached hydrogens (tertiary/aromatic N) is 2. The van der Waals surface area contributed by atoms with Crippen molar-refractivity contribution < 1.29 is 9.53 Å². The van der Waals surface area contributed by atoms with Crippen LogP contribution in [-0.2, 0) is 4.79 Å². The predicted molar refractivity (Wildman–Crippen MR) is 76.5 cm³/mol. The highest BCUT2D eigenvalue weighted by Gasteiger charge is 2.02. The van der Waals surface area contributed by atoms with E-state index in [0.29, 0.717) is 11.5 Å². The first-order valence-corrected chi connectivity index (χ1v) is 6.17. The van der Waals surface area contributed by atoms with Gasteiger partial charge in [0.05, 0.1) is 5.71 Å². The summed E-state index contributed by atoms with van der Waals surface area (Å²) in [4.78, 5) is 15.6. The van der Waals surface area contributed by atoms with Gasteiger partial charge in [0, 0.05) is 18.0 Å². The van der Waals surface area contributed by atoms with Crippen molar-refractivity contribution in [3.63, 3.8) is 0 Å². The number of nitrogens with one attached hydrogen (secondary N) is 1. The van der Waals surface area contributed by atoms with E-state index in [9.17, 15) is 4.79 Å². The van der Waals surface area contributed by atoms with Crippen LogP contribution >= 0.6 is 0 Å². The average molecular weight is 269 g/mol. The van der Waals surface area contributed by atoms with Gasteiger partial charge in [-0.05, 0) is 25.1 Å². The van der Waals surface area contributed by atoms with Crippen molar-refractivity contribution >= 4 is 11.6 Å². The van der Waals surface area contributed by atoms with E-state index in [1.807, 2.05) is 30.3 Å². The summed E-state index contributed by atoms with van der Waals surface area (Å²) in [5.74, 6) is 0.340. The molecule has 0 aliphatic rings. The molecule has 0 bridgehead atoms. The van der Waals surface area contributed by atoms with E-state index in [2.05, 4.69) is 15.5 Å². The van der Waals surface area contributed by atoms with Crippen molar-refractivity contribution in [3.8, 4) is 5.75 Å². The van der Waals surface area contributed by atoms with E-state index in [1.165, 1.54) is 0 Å². The van der Waals surface area contributed by atoms with Crippen LogP contribution in [0.4, 0.5) is 0 Å². The van der Waals surface area contributed by atoms with Crippen LogP contribution in [0.3, 0.4) is 0 Å². The number of hydrazone groups is 1. The highest BCUT2D eigenvalue weighted by atomic mass is 16.5. The highest BCUT2D eigenvalue weighted by Crippen LogP contribution is 2.07. The Balaban J connectivity index is 1.83. The average Bonchev–Trinajstić information content (AvgIpc) is 2.52. The molecule has 0 saturated heterocycles. The molecular formula is C15H15N3O2. The smallest absolute Gasteiger partial charge is 0.277 e. The molecular weight excluding hydrogens is 254 g/mol. The van der Waals surface area contributed by atoms with Crippen LogP contribution in [0.2, 0.25) is 0 Å². The molecule has 5 nitrogen and oxygen atoms in total. The molecule has 0 saturated carbocycles. The lowest BCUT2D eigenvalue weighted by molar-refractivity contribution is -0.123. The van der Waals surface area contributed by atoms with Gasteiger partial charge in [0.1, 0.15) is 5.75 Å². The van der Waals surface area contributed by atoms with Crippen LogP contribution in [0.1, 0.15) is 12.5 Å². The Morgan fingerprint density at radius 2 is 2.05 bits per heavy atom. The Bertz CT molecular complexity index is 583. The van der Waals surface area contributed by atoms with Gasteiger partial charge in [-0.1, -0.05) is 24.3 Å². The van der Waals surface area contributed by atoms with E-state index in [1.54, 1.807) is 31.5 Å². The fourth-order valence-corrected chi connectivity index (χ4v) is 1.49. The minimum absolute atomic E-state index is 0.0756. The van der Waals surface area contributed by atoms with Crippen molar-refractivity contribution in [2.75, 3.05) is 6.61 Å². The molecule has 0 radical (unpaired) electrons. The molecule has 0 aliphatic heterocycles. The fraction of sp³-hybridized carbons (Fsp3) is 0.133. The molecule has 102 valence electrons. The van der Waals surface area contributed by atoms with Gasteiger partial charge in [-0.25, -0.2) is 5.43 Å². The summed E-state index contributed by atoms with van der Waals surface area (Å²) in [6.45, 7) is 1.73. The molecule has 0 fully saturated rings. The van der Waals surface area contributed by atoms with E-state index in [0.717, 1.165) is 5.56 Å². The number of carbonyl (C=O) groups excluding carboxylic acids is 1. The molecule has 1 heterocycles. The second-order valence-corrected chi connectivity index (χ2v) is 4.08. The fourth-order valence-electron chi connectivity index (χ4n) is 1.49. The van der Waals surface area contributed by atoms with Crippen molar-refractivity contribution in [3.05, 3.63) is 60.4 Å². The maximum absolute atomic E-state index is 11.6. The molecule has 5 heteroatoms. The molecule has 2 aromatic rings. The lowest BCUT2D eigenvalue weighted by Gasteiger charge is -2.05. The Kier molecular flexibility index (Phi) is 4.83. The Morgan fingerprint density at radius 3 is 2.75 bits per heavy atom. The number of pyridine rings is 1. The predicted octanol–water partition coefficient (Wildman–Crippen LogP) is 2.00. The van der Waals surface area contributed by atoms with Gasteiger partial charge >= 0.3 is 0 Å². The molecule has 1 N–H and O–H groups in total. The van der Waals surface area contributed by atoms with E-state index in [-0.39, 0.29) is 12.5 Å². The highest BCUT2D eigenvalue weighted by molar-refractivity contribution is 5.98. The van der Waals surface area contributed by atoms with Gasteiger partial charge in [-0.15, -0.1) is 0 Å². The number of ether oxygens (including phenoxy) is 1. The maximum atomic E-state index is 11.6. The van der Waals surface area contributed by atoms with Crippen LogP contribution in [0.5, 0.6) is 5.75 Å². The molecule has 1 aromatic heterocycles. The van der Waals surface area contributed by atoms with E-state index >= 15 is 0 Å². The summed E-state index contributed by atoms with van der Waals surface area (Å²) in [5.41, 5.74) is 3.99. The summed E-state index contributed by atoms with van der Waals surface area (Å²) >= 11 is 0. The Morgan fingerprint density at radius 1 is 1.25 bits per heavy atom. The number of hydrogen-bond donors (Lipinski definition) is 1. The number of rotatable bonds is 5. The molecule has 0 spiro atoms. The first-order chi connectivity index (χ1) is 9.75. The zero-order chi connectivity index (χ0) is 14.2. The van der Waals surface area contributed by atoms with E-state index in [4.69, 9.17) is 4.74 Å². The normalized spacial score (nSPS) is 10.9. The molecule has 0 unspecified atom stereocenters. The van der Waals surface area contributed by atoms with Gasteiger partial charge in [0.2, 0.25) is 0 Å². The van der Waals surface area contributed by atoms with Crippen molar-refractivity contribution in [2.24, 2.45) is 5.10 Å². The lowest BCUT2D eigenvalue weighted by Crippen LogP contribution is -2.25. The number of benzene rings is 1. The van der Waals surface area contributed by atoms with Gasteiger partial charge in [0.15, 0.2) is 6.61 Å². The van der Waals surface area contributed by atoms with Crippen LogP contribution in [-0.4, -0.2) is 23.2 Å². The van der Waals surface area contributed by atoms with E-state index < -0.39 is 0 Å². The van der Waals surface area contributed by atoms with Crippen molar-refractivity contribution in [1.29, 1.82) is 0 Å². The van der Waals surface area contributed by atoms with Gasteiger partial charge < -0.3 is 4.74 Å². The van der Waals surface area contributed by atoms with Gasteiger partial charge in [-0.2, -0.15) is 5.10 Å². The monoisotopic (exact) mass is 269 g/mol. The second kappa shape index (κ2) is 7.04. The number of amides is 1. The first-order valence-electron chi connectivity index (χ1n) is 6.17. The van der Waals surface area contributed by atoms with Crippen LogP contribution in [0.25, 0.3) is 0 Å². The number of para-hydroxylation sites is 1. The minimum atomic E-state index is -0.308. The topological polar surface area (TPSA) is 63.6 Å². The lowest BCUT2D eigenvalue weighted by atomic mass is 10.2. The van der Waals surface area contributed by atoms with Crippen LogP contribution < -0.4 is 10.2 Å². The molecule has 1 amide bonds. The number of carbonyl (C=O) groups is 1. The summed E-state index contributed by atoms with van der Waals surface area (Å²) in [6, 6.07) is 12.8. The zero-order valence-electron chi connectivity index (χ0n) is 11.1. The third kappa shape index (κ3) is 4.20. The quantitative estimate of drug-likeness (QED) is 0.667. The Hall–Kier alpha value is -2.69. The molecule has 20 heavy (non-hydrogen) atoms. The van der Waals surface area contributed by atoms with Crippen LogP contribution in [0, 0.1) is 0 Å². The standard InChI is InChI=1S/C15H15N3O2/c1-12(13-6-5-9-16-10-13)17-18-15(19)11-20-14-7-3-2-4-8-14/h2-10H,11H2,1H3,(H,18,19)/b17-12-. The number of hydrogen-bond acceptors (Lipinski definition) is 4. The van der Waals surface area contributed by atoms with Crippen molar-refractivity contribution in [1.82, 2.24) is 10.4 Å². The third-order valence-electron chi connectivity index (χ3n) is 2.54. The second-order valence-electron chi connectivity index (χ2n) is 4.08. The minimum Gasteiger partial charge on any atom is -0.484 e. The summed E-state index contributed by atoms with van der Waals surface area (Å²) in [7, 11) is 0.